The number of aromatic nitrogens is 2. The molecule has 0 spiro atoms. The van der Waals surface area contributed by atoms with Crippen molar-refractivity contribution in [3.05, 3.63) is 104 Å². The van der Waals surface area contributed by atoms with Crippen LogP contribution in [0, 0.1) is 0 Å². The summed E-state index contributed by atoms with van der Waals surface area (Å²) >= 11 is 12.2. The van der Waals surface area contributed by atoms with Gasteiger partial charge in [-0.2, -0.15) is 0 Å². The Labute approximate surface area is 252 Å². The minimum Gasteiger partial charge on any atom is -0.507 e. The predicted molar refractivity (Wildman–Crippen MR) is 160 cm³/mol. The molecule has 202 valence electrons. The van der Waals surface area contributed by atoms with Crippen LogP contribution in [0.1, 0.15) is 35.2 Å². The molecule has 1 N–H and O–H groups in total. The number of rotatable bonds is 6. The van der Waals surface area contributed by atoms with Crippen LogP contribution in [0.4, 0.5) is 5.13 Å². The summed E-state index contributed by atoms with van der Waals surface area (Å²) in [7, 11) is 0. The van der Waals surface area contributed by atoms with Crippen molar-refractivity contribution in [2.24, 2.45) is 0 Å². The lowest BCUT2D eigenvalue weighted by atomic mass is 9.94. The second kappa shape index (κ2) is 11.0. The summed E-state index contributed by atoms with van der Waals surface area (Å²) in [6, 6.07) is 19.3. The zero-order valence-corrected chi connectivity index (χ0v) is 25.0. The van der Waals surface area contributed by atoms with E-state index in [9.17, 15) is 14.7 Å². The summed E-state index contributed by atoms with van der Waals surface area (Å²) in [6.07, 6.45) is 0.727. The van der Waals surface area contributed by atoms with Gasteiger partial charge in [-0.05, 0) is 66.1 Å². The maximum absolute atomic E-state index is 13.5. The van der Waals surface area contributed by atoms with Crippen LogP contribution in [0.15, 0.2) is 81.1 Å². The van der Waals surface area contributed by atoms with Crippen LogP contribution in [-0.4, -0.2) is 33.1 Å². The molecule has 0 radical (unpaired) electrons. The number of amides is 1. The van der Waals surface area contributed by atoms with Crippen LogP contribution in [0.2, 0.25) is 5.02 Å². The van der Waals surface area contributed by atoms with Crippen molar-refractivity contribution < 1.29 is 19.4 Å². The monoisotopic (exact) mass is 653 g/mol. The van der Waals surface area contributed by atoms with Gasteiger partial charge in [0.25, 0.3) is 5.78 Å². The third kappa shape index (κ3) is 5.16. The lowest BCUT2D eigenvalue weighted by Gasteiger charge is -2.22. The Balaban J connectivity index is 1.38. The first-order valence-corrected chi connectivity index (χ1v) is 15.3. The molecule has 2 unspecified atom stereocenters. The first kappa shape index (κ1) is 27.0. The summed E-state index contributed by atoms with van der Waals surface area (Å²) in [5, 5.41) is 21.0. The van der Waals surface area contributed by atoms with Crippen molar-refractivity contribution in [3.63, 3.8) is 0 Å². The van der Waals surface area contributed by atoms with Crippen molar-refractivity contribution in [3.8, 4) is 5.75 Å². The smallest absolute Gasteiger partial charge is 0.301 e. The van der Waals surface area contributed by atoms with E-state index in [0.29, 0.717) is 32.7 Å². The second-order valence-electron chi connectivity index (χ2n) is 9.44. The van der Waals surface area contributed by atoms with Crippen LogP contribution >= 0.6 is 50.6 Å². The van der Waals surface area contributed by atoms with E-state index in [0.717, 1.165) is 21.3 Å². The molecule has 0 saturated carbocycles. The lowest BCUT2D eigenvalue weighted by Crippen LogP contribution is -2.29. The zero-order chi connectivity index (χ0) is 28.0. The largest absolute Gasteiger partial charge is 0.507 e. The van der Waals surface area contributed by atoms with Gasteiger partial charge in [-0.1, -0.05) is 74.9 Å². The average molecular weight is 655 g/mol. The zero-order valence-electron chi connectivity index (χ0n) is 21.0. The number of benzene rings is 3. The van der Waals surface area contributed by atoms with Gasteiger partial charge in [-0.15, -0.1) is 10.2 Å². The molecule has 7 nitrogen and oxygen atoms in total. The number of aliphatic hydroxyl groups excluding tert-OH is 1. The fourth-order valence-corrected chi connectivity index (χ4v) is 7.20. The number of anilines is 1. The third-order valence-corrected chi connectivity index (χ3v) is 9.53. The molecular weight excluding hydrogens is 634 g/mol. The molecule has 3 heterocycles. The number of carbonyl (C=O) groups excluding carboxylic acids is 2. The molecule has 2 atom stereocenters. The number of hydrogen-bond donors (Lipinski definition) is 1. The van der Waals surface area contributed by atoms with Gasteiger partial charge in [-0.3, -0.25) is 14.5 Å². The van der Waals surface area contributed by atoms with Gasteiger partial charge in [0.1, 0.15) is 17.6 Å². The Morgan fingerprint density at radius 2 is 1.95 bits per heavy atom. The number of ether oxygens (including phenoxy) is 1. The summed E-state index contributed by atoms with van der Waals surface area (Å²) in [5.41, 5.74) is 3.11. The molecule has 2 aliphatic heterocycles. The highest BCUT2D eigenvalue weighted by molar-refractivity contribution is 9.10. The lowest BCUT2D eigenvalue weighted by molar-refractivity contribution is -0.132. The Bertz CT molecular complexity index is 1670. The number of thioether (sulfide) groups is 1. The molecule has 1 amide bonds. The molecular formula is C29H21BrClN3O4S2. The molecule has 6 rings (SSSR count). The molecule has 0 aliphatic carbocycles. The van der Waals surface area contributed by atoms with Crippen LogP contribution in [0.25, 0.3) is 5.76 Å². The van der Waals surface area contributed by atoms with Crippen LogP contribution in [0.5, 0.6) is 5.75 Å². The van der Waals surface area contributed by atoms with Crippen LogP contribution < -0.4 is 9.64 Å². The third-order valence-electron chi connectivity index (χ3n) is 6.66. The van der Waals surface area contributed by atoms with Gasteiger partial charge < -0.3 is 9.84 Å². The quantitative estimate of drug-likeness (QED) is 0.0773. The average Bonchev–Trinajstić information content (AvgIpc) is 3.63. The molecule has 3 aromatic carbocycles. The number of hydrogen-bond acceptors (Lipinski definition) is 8. The van der Waals surface area contributed by atoms with Crippen LogP contribution in [0.3, 0.4) is 0 Å². The number of halogens is 2. The summed E-state index contributed by atoms with van der Waals surface area (Å²) in [5.74, 6) is -0.394. The van der Waals surface area contributed by atoms with Crippen molar-refractivity contribution >= 4 is 73.2 Å². The van der Waals surface area contributed by atoms with E-state index in [-0.39, 0.29) is 22.6 Å². The SMILES string of the molecule is CC1Cc2cc(/C(O)=C3\C(=O)C(=O)N(c4nnc(SCc5ccc(Cl)cc5)s4)C3c3cccc(Br)c3)ccc2O1. The normalized spacial score (nSPS) is 19.6. The molecule has 0 bridgehead atoms. The maximum atomic E-state index is 13.5. The van der Waals surface area contributed by atoms with E-state index in [1.807, 2.05) is 61.5 Å². The second-order valence-corrected chi connectivity index (χ2v) is 13.0. The number of ketones is 1. The summed E-state index contributed by atoms with van der Waals surface area (Å²) < 4.78 is 7.21. The number of fused-ring (bicyclic) bond motifs is 1. The minimum atomic E-state index is -0.886. The highest BCUT2D eigenvalue weighted by atomic mass is 79.9. The van der Waals surface area contributed by atoms with Crippen LogP contribution in [-0.2, 0) is 21.8 Å². The number of Topliss-reactive ketones (excluding diaryl/α,β-unsaturated/α-hetero) is 1. The van der Waals surface area contributed by atoms with Crippen molar-refractivity contribution in [1.29, 1.82) is 0 Å². The van der Waals surface area contributed by atoms with Gasteiger partial charge >= 0.3 is 5.91 Å². The molecule has 11 heteroatoms. The Kier molecular flexibility index (Phi) is 7.43. The number of aliphatic hydroxyl groups is 1. The Morgan fingerprint density at radius 3 is 2.73 bits per heavy atom. The first-order chi connectivity index (χ1) is 19.3. The highest BCUT2D eigenvalue weighted by Crippen LogP contribution is 2.45. The van der Waals surface area contributed by atoms with Gasteiger partial charge in [0.05, 0.1) is 11.6 Å². The number of carbonyl (C=O) groups is 2. The van der Waals surface area contributed by atoms with Gasteiger partial charge in [0, 0.05) is 27.2 Å². The Hall–Kier alpha value is -3.18. The van der Waals surface area contributed by atoms with Crippen molar-refractivity contribution in [2.75, 3.05) is 4.90 Å². The van der Waals surface area contributed by atoms with Gasteiger partial charge in [-0.25, -0.2) is 0 Å². The standard InChI is InChI=1S/C29H21BrClN3O4S2/c1-15-11-19-12-18(7-10-22(19)38-15)25(35)23-24(17-3-2-4-20(30)13-17)34(27(37)26(23)36)28-32-33-29(40-28)39-14-16-5-8-21(31)9-6-16/h2-10,12-13,15,24,35H,11,14H2,1H3/b25-23+. The molecule has 40 heavy (non-hydrogen) atoms. The molecule has 2 aliphatic rings. The molecule has 4 aromatic rings. The molecule has 1 fully saturated rings. The minimum absolute atomic E-state index is 0.000538. The van der Waals surface area contributed by atoms with E-state index < -0.39 is 17.7 Å². The summed E-state index contributed by atoms with van der Waals surface area (Å²) in [4.78, 5) is 28.3. The predicted octanol–water partition coefficient (Wildman–Crippen LogP) is 7.20. The highest BCUT2D eigenvalue weighted by Gasteiger charge is 2.48. The fraction of sp³-hybridized carbons (Fsp3) is 0.172. The molecule has 1 saturated heterocycles. The maximum Gasteiger partial charge on any atom is 0.301 e. The Morgan fingerprint density at radius 1 is 1.15 bits per heavy atom. The van der Waals surface area contributed by atoms with E-state index in [1.54, 1.807) is 12.1 Å². The van der Waals surface area contributed by atoms with E-state index >= 15 is 0 Å². The first-order valence-electron chi connectivity index (χ1n) is 12.4. The van der Waals surface area contributed by atoms with E-state index in [1.165, 1.54) is 28.0 Å². The van der Waals surface area contributed by atoms with Crippen molar-refractivity contribution in [2.45, 2.75) is 35.6 Å². The van der Waals surface area contributed by atoms with Gasteiger partial charge in [0.15, 0.2) is 4.34 Å². The topological polar surface area (TPSA) is 92.6 Å². The number of nitrogens with zero attached hydrogens (tertiary/aromatic N) is 3. The summed E-state index contributed by atoms with van der Waals surface area (Å²) in [6.45, 7) is 1.97. The van der Waals surface area contributed by atoms with Gasteiger partial charge in [0.2, 0.25) is 5.13 Å². The molecule has 1 aromatic heterocycles. The van der Waals surface area contributed by atoms with E-state index in [2.05, 4.69) is 26.1 Å². The van der Waals surface area contributed by atoms with Crippen molar-refractivity contribution in [1.82, 2.24) is 10.2 Å². The fourth-order valence-electron chi connectivity index (χ4n) is 4.83. The van der Waals surface area contributed by atoms with E-state index in [4.69, 9.17) is 16.3 Å².